The molecule has 0 aromatic rings. The van der Waals surface area contributed by atoms with Crippen molar-refractivity contribution < 1.29 is 69.5 Å². The monoisotopic (exact) mass is 332 g/mol. The summed E-state index contributed by atoms with van der Waals surface area (Å²) in [6.07, 6.45) is 7.70. The van der Waals surface area contributed by atoms with Crippen LogP contribution in [0.2, 0.25) is 0 Å². The third-order valence-corrected chi connectivity index (χ3v) is 4.87. The van der Waals surface area contributed by atoms with E-state index in [9.17, 15) is 18.1 Å². The maximum Gasteiger partial charge on any atom is 1.00 e. The van der Waals surface area contributed by atoms with Gasteiger partial charge in [0.1, 0.15) is 0 Å². The largest absolute Gasteiger partial charge is 1.00 e. The van der Waals surface area contributed by atoms with E-state index in [-0.39, 0.29) is 57.8 Å². The Morgan fingerprint density at radius 1 is 0.950 bits per heavy atom. The van der Waals surface area contributed by atoms with E-state index in [4.69, 9.17) is 0 Å². The second-order valence-corrected chi connectivity index (χ2v) is 6.96. The molecule has 0 fully saturated rings. The van der Waals surface area contributed by atoms with Gasteiger partial charge in [-0.15, -0.1) is 0 Å². The van der Waals surface area contributed by atoms with Crippen LogP contribution in [0.25, 0.3) is 0 Å². The molecule has 0 spiro atoms. The summed E-state index contributed by atoms with van der Waals surface area (Å²) in [6, 6.07) is 0. The third-order valence-electron chi connectivity index (χ3n) is 3.58. The Labute approximate surface area is 167 Å². The fourth-order valence-corrected chi connectivity index (χ4v) is 3.05. The maximum atomic E-state index is 11.2. The standard InChI is InChI=1S/C14H30O4S.K/c1-3-5-6-7-8-9-10-14(19(16,17)18)12-11-13(15)4-2;/h13-15H,3-12H2,1-2H3,(H,16,17,18);/q;+1/p-1. The van der Waals surface area contributed by atoms with Gasteiger partial charge in [-0.1, -0.05) is 52.4 Å². The molecule has 1 N–H and O–H groups in total. The van der Waals surface area contributed by atoms with Gasteiger partial charge in [-0.3, -0.25) is 0 Å². The molecule has 4 nitrogen and oxygen atoms in total. The molecule has 6 heteroatoms. The smallest absolute Gasteiger partial charge is 0.748 e. The van der Waals surface area contributed by atoms with E-state index >= 15 is 0 Å². The van der Waals surface area contributed by atoms with E-state index in [2.05, 4.69) is 6.92 Å². The van der Waals surface area contributed by atoms with Crippen molar-refractivity contribution in [1.82, 2.24) is 0 Å². The molecular formula is C14H29KO4S. The van der Waals surface area contributed by atoms with Gasteiger partial charge >= 0.3 is 51.4 Å². The van der Waals surface area contributed by atoms with Crippen LogP contribution in [-0.2, 0) is 10.1 Å². The molecule has 0 aliphatic carbocycles. The van der Waals surface area contributed by atoms with Gasteiger partial charge in [-0.2, -0.15) is 0 Å². The van der Waals surface area contributed by atoms with Gasteiger partial charge in [0, 0.05) is 5.25 Å². The van der Waals surface area contributed by atoms with Crippen LogP contribution in [0.1, 0.15) is 78.1 Å². The van der Waals surface area contributed by atoms with Crippen molar-refractivity contribution in [2.45, 2.75) is 89.4 Å². The van der Waals surface area contributed by atoms with E-state index < -0.39 is 21.5 Å². The SMILES string of the molecule is CCCCCCCCC(CCC(O)CC)S(=O)(=O)[O-].[K+]. The molecule has 0 aliphatic heterocycles. The summed E-state index contributed by atoms with van der Waals surface area (Å²) in [6.45, 7) is 4.00. The minimum absolute atomic E-state index is 0. The van der Waals surface area contributed by atoms with Crippen LogP contribution in [0.3, 0.4) is 0 Å². The first-order chi connectivity index (χ1) is 8.91. The molecule has 0 rings (SSSR count). The molecular weight excluding hydrogens is 303 g/mol. The van der Waals surface area contributed by atoms with Gasteiger partial charge in [-0.05, 0) is 25.7 Å². The number of aliphatic hydroxyl groups excluding tert-OH is 1. The molecule has 0 aliphatic rings. The van der Waals surface area contributed by atoms with Gasteiger partial charge in [0.15, 0.2) is 0 Å². The van der Waals surface area contributed by atoms with E-state index in [1.54, 1.807) is 0 Å². The predicted molar refractivity (Wildman–Crippen MR) is 77.0 cm³/mol. The Balaban J connectivity index is 0. The molecule has 0 heterocycles. The van der Waals surface area contributed by atoms with E-state index in [1.165, 1.54) is 19.3 Å². The molecule has 2 atom stereocenters. The molecule has 2 unspecified atom stereocenters. The molecule has 0 saturated heterocycles. The second-order valence-electron chi connectivity index (χ2n) is 5.31. The first-order valence-corrected chi connectivity index (χ1v) is 9.01. The van der Waals surface area contributed by atoms with Gasteiger partial charge in [0.05, 0.1) is 16.2 Å². The predicted octanol–water partition coefficient (Wildman–Crippen LogP) is 0.206. The average Bonchev–Trinajstić information content (AvgIpc) is 2.35. The summed E-state index contributed by atoms with van der Waals surface area (Å²) in [5.74, 6) is 0. The Bertz CT molecular complexity index is 306. The zero-order valence-corrected chi connectivity index (χ0v) is 17.2. The molecule has 0 aromatic carbocycles. The van der Waals surface area contributed by atoms with Crippen LogP contribution >= 0.6 is 0 Å². The van der Waals surface area contributed by atoms with E-state index in [0.29, 0.717) is 19.3 Å². The normalized spacial score (nSPS) is 14.6. The third kappa shape index (κ3) is 13.2. The summed E-state index contributed by atoms with van der Waals surface area (Å²) in [5.41, 5.74) is 0. The summed E-state index contributed by atoms with van der Waals surface area (Å²) in [4.78, 5) is 0. The Hall–Kier alpha value is 1.51. The Morgan fingerprint density at radius 2 is 1.50 bits per heavy atom. The van der Waals surface area contributed by atoms with Crippen LogP contribution in [0.4, 0.5) is 0 Å². The molecule has 0 aromatic heterocycles. The first kappa shape index (κ1) is 23.8. The summed E-state index contributed by atoms with van der Waals surface area (Å²) in [7, 11) is -4.23. The molecule has 0 saturated carbocycles. The Morgan fingerprint density at radius 3 is 2.00 bits per heavy atom. The van der Waals surface area contributed by atoms with Crippen molar-refractivity contribution in [3.8, 4) is 0 Å². The molecule has 0 bridgehead atoms. The first-order valence-electron chi connectivity index (χ1n) is 7.54. The summed E-state index contributed by atoms with van der Waals surface area (Å²) >= 11 is 0. The second kappa shape index (κ2) is 14.1. The molecule has 0 amide bonds. The number of aliphatic hydroxyl groups is 1. The fraction of sp³-hybridized carbons (Fsp3) is 1.00. The van der Waals surface area contributed by atoms with Gasteiger partial charge in [0.2, 0.25) is 0 Å². The zero-order chi connectivity index (χ0) is 14.7. The van der Waals surface area contributed by atoms with Gasteiger partial charge in [0.25, 0.3) is 0 Å². The molecule has 0 radical (unpaired) electrons. The summed E-state index contributed by atoms with van der Waals surface area (Å²) < 4.78 is 33.5. The van der Waals surface area contributed by atoms with E-state index in [1.807, 2.05) is 6.92 Å². The number of unbranched alkanes of at least 4 members (excludes halogenated alkanes) is 5. The quantitative estimate of drug-likeness (QED) is 0.315. The van der Waals surface area contributed by atoms with Crippen molar-refractivity contribution in [3.05, 3.63) is 0 Å². The van der Waals surface area contributed by atoms with Crippen molar-refractivity contribution in [2.24, 2.45) is 0 Å². The molecule has 20 heavy (non-hydrogen) atoms. The maximum absolute atomic E-state index is 11.2. The fourth-order valence-electron chi connectivity index (χ4n) is 2.17. The van der Waals surface area contributed by atoms with Crippen LogP contribution < -0.4 is 51.4 Å². The topological polar surface area (TPSA) is 77.4 Å². The van der Waals surface area contributed by atoms with Crippen LogP contribution in [0.5, 0.6) is 0 Å². The van der Waals surface area contributed by atoms with Gasteiger partial charge in [-0.25, -0.2) is 8.42 Å². The van der Waals surface area contributed by atoms with Crippen molar-refractivity contribution in [1.29, 1.82) is 0 Å². The Kier molecular flexibility index (Phi) is 16.8. The number of hydrogen-bond acceptors (Lipinski definition) is 4. The van der Waals surface area contributed by atoms with Crippen LogP contribution in [0, 0.1) is 0 Å². The van der Waals surface area contributed by atoms with Gasteiger partial charge < -0.3 is 9.66 Å². The zero-order valence-electron chi connectivity index (χ0n) is 13.3. The van der Waals surface area contributed by atoms with Crippen molar-refractivity contribution in [3.63, 3.8) is 0 Å². The minimum Gasteiger partial charge on any atom is -0.748 e. The average molecular weight is 333 g/mol. The van der Waals surface area contributed by atoms with Crippen LogP contribution in [-0.4, -0.2) is 29.4 Å². The number of rotatable bonds is 12. The van der Waals surface area contributed by atoms with E-state index in [0.717, 1.165) is 19.3 Å². The number of hydrogen-bond donors (Lipinski definition) is 1. The van der Waals surface area contributed by atoms with Crippen molar-refractivity contribution in [2.75, 3.05) is 0 Å². The summed E-state index contributed by atoms with van der Waals surface area (Å²) in [5, 5.41) is 8.62. The molecule has 116 valence electrons. The van der Waals surface area contributed by atoms with Crippen LogP contribution in [0.15, 0.2) is 0 Å². The minimum atomic E-state index is -4.23. The van der Waals surface area contributed by atoms with Crippen molar-refractivity contribution >= 4 is 10.1 Å².